The van der Waals surface area contributed by atoms with Gasteiger partial charge < -0.3 is 5.32 Å². The number of nitrogens with zero attached hydrogens (tertiary/aromatic N) is 1. The van der Waals surface area contributed by atoms with Crippen molar-refractivity contribution in [3.63, 3.8) is 0 Å². The predicted molar refractivity (Wildman–Crippen MR) is 80.2 cm³/mol. The van der Waals surface area contributed by atoms with Gasteiger partial charge in [-0.1, -0.05) is 29.8 Å². The second kappa shape index (κ2) is 5.64. The molecule has 1 N–H and O–H groups in total. The Morgan fingerprint density at radius 3 is 2.68 bits per heavy atom. The molecule has 2 nitrogen and oxygen atoms in total. The molecule has 1 aromatic rings. The molecule has 104 valence electrons. The molecule has 2 aliphatic heterocycles. The van der Waals surface area contributed by atoms with Crippen LogP contribution in [0.15, 0.2) is 24.3 Å². The number of nitrogens with one attached hydrogen (secondary N) is 1. The summed E-state index contributed by atoms with van der Waals surface area (Å²) in [7, 11) is 0. The first-order valence-corrected chi connectivity index (χ1v) is 7.74. The zero-order valence-electron chi connectivity index (χ0n) is 12.1. The number of benzene rings is 1. The molecule has 0 radical (unpaired) electrons. The van der Waals surface area contributed by atoms with E-state index in [9.17, 15) is 0 Å². The van der Waals surface area contributed by atoms with Crippen LogP contribution in [0.4, 0.5) is 0 Å². The summed E-state index contributed by atoms with van der Waals surface area (Å²) in [6.07, 6.45) is 5.57. The molecule has 1 spiro atoms. The highest BCUT2D eigenvalue weighted by molar-refractivity contribution is 5.21. The summed E-state index contributed by atoms with van der Waals surface area (Å²) in [5, 5.41) is 3.61. The Morgan fingerprint density at radius 2 is 1.95 bits per heavy atom. The molecule has 3 rings (SSSR count). The maximum Gasteiger partial charge on any atom is 0.0233 e. The maximum atomic E-state index is 3.61. The van der Waals surface area contributed by atoms with E-state index < -0.39 is 0 Å². The van der Waals surface area contributed by atoms with Gasteiger partial charge in [0.25, 0.3) is 0 Å². The quantitative estimate of drug-likeness (QED) is 0.877. The van der Waals surface area contributed by atoms with Crippen LogP contribution in [0.5, 0.6) is 0 Å². The van der Waals surface area contributed by atoms with E-state index in [1.54, 1.807) is 0 Å². The Bertz CT molecular complexity index is 398. The van der Waals surface area contributed by atoms with Crippen molar-refractivity contribution in [2.24, 2.45) is 5.41 Å². The van der Waals surface area contributed by atoms with Gasteiger partial charge in [0.15, 0.2) is 0 Å². The van der Waals surface area contributed by atoms with E-state index in [0.717, 1.165) is 6.54 Å². The first kappa shape index (κ1) is 13.1. The average Bonchev–Trinajstić information content (AvgIpc) is 2.42. The van der Waals surface area contributed by atoms with Crippen molar-refractivity contribution in [3.8, 4) is 0 Å². The topological polar surface area (TPSA) is 15.3 Å². The molecule has 1 aromatic carbocycles. The van der Waals surface area contributed by atoms with Gasteiger partial charge in [-0.25, -0.2) is 0 Å². The SMILES string of the molecule is Cc1ccc(CN2CCCC3(CCCNC3)C2)cc1. The van der Waals surface area contributed by atoms with Crippen molar-refractivity contribution in [3.05, 3.63) is 35.4 Å². The van der Waals surface area contributed by atoms with E-state index in [4.69, 9.17) is 0 Å². The zero-order chi connectivity index (χ0) is 13.1. The van der Waals surface area contributed by atoms with Crippen molar-refractivity contribution in [1.82, 2.24) is 10.2 Å². The minimum Gasteiger partial charge on any atom is -0.316 e. The van der Waals surface area contributed by atoms with Gasteiger partial charge in [-0.2, -0.15) is 0 Å². The number of aryl methyl sites for hydroxylation is 1. The van der Waals surface area contributed by atoms with Gasteiger partial charge in [0, 0.05) is 19.6 Å². The van der Waals surface area contributed by atoms with Crippen LogP contribution < -0.4 is 5.32 Å². The fourth-order valence-electron chi connectivity index (χ4n) is 3.78. The molecule has 2 saturated heterocycles. The lowest BCUT2D eigenvalue weighted by Crippen LogP contribution is -2.50. The molecule has 2 heteroatoms. The molecule has 19 heavy (non-hydrogen) atoms. The first-order chi connectivity index (χ1) is 9.26. The third-order valence-electron chi connectivity index (χ3n) is 4.83. The number of hydrogen-bond donors (Lipinski definition) is 1. The van der Waals surface area contributed by atoms with Crippen molar-refractivity contribution < 1.29 is 0 Å². The molecular formula is C17H26N2. The lowest BCUT2D eigenvalue weighted by Gasteiger charge is -2.45. The Morgan fingerprint density at radius 1 is 1.16 bits per heavy atom. The third-order valence-corrected chi connectivity index (χ3v) is 4.83. The van der Waals surface area contributed by atoms with Crippen molar-refractivity contribution in [2.45, 2.75) is 39.2 Å². The monoisotopic (exact) mass is 258 g/mol. The van der Waals surface area contributed by atoms with Gasteiger partial charge in [-0.15, -0.1) is 0 Å². The van der Waals surface area contributed by atoms with Crippen LogP contribution in [0.1, 0.15) is 36.8 Å². The normalized spacial score (nSPS) is 28.7. The van der Waals surface area contributed by atoms with Gasteiger partial charge in [-0.3, -0.25) is 4.90 Å². The van der Waals surface area contributed by atoms with Crippen molar-refractivity contribution >= 4 is 0 Å². The van der Waals surface area contributed by atoms with E-state index >= 15 is 0 Å². The van der Waals surface area contributed by atoms with Crippen LogP contribution in [0.25, 0.3) is 0 Å². The highest BCUT2D eigenvalue weighted by Crippen LogP contribution is 2.36. The molecule has 0 aromatic heterocycles. The fraction of sp³-hybridized carbons (Fsp3) is 0.647. The predicted octanol–water partition coefficient (Wildman–Crippen LogP) is 2.96. The third kappa shape index (κ3) is 3.18. The summed E-state index contributed by atoms with van der Waals surface area (Å²) < 4.78 is 0. The molecule has 1 atom stereocenters. The lowest BCUT2D eigenvalue weighted by molar-refractivity contribution is 0.0601. The Labute approximate surface area is 117 Å². The lowest BCUT2D eigenvalue weighted by atomic mass is 9.74. The summed E-state index contributed by atoms with van der Waals surface area (Å²) in [6.45, 7) is 8.30. The molecule has 0 aliphatic carbocycles. The van der Waals surface area contributed by atoms with E-state index in [-0.39, 0.29) is 0 Å². The standard InChI is InChI=1S/C17H26N2/c1-15-4-6-16(7-5-15)12-19-11-3-9-17(14-19)8-2-10-18-13-17/h4-7,18H,2-3,8-14H2,1H3. The summed E-state index contributed by atoms with van der Waals surface area (Å²) >= 11 is 0. The minimum atomic E-state index is 0.571. The van der Waals surface area contributed by atoms with Crippen molar-refractivity contribution in [1.29, 1.82) is 0 Å². The van der Waals surface area contributed by atoms with Gasteiger partial charge in [-0.05, 0) is 56.7 Å². The molecule has 1 unspecified atom stereocenters. The van der Waals surface area contributed by atoms with E-state index in [1.807, 2.05) is 0 Å². The Hall–Kier alpha value is -0.860. The number of likely N-dealkylation sites (tertiary alicyclic amines) is 1. The number of piperidine rings is 2. The summed E-state index contributed by atoms with van der Waals surface area (Å²) in [5.74, 6) is 0. The smallest absolute Gasteiger partial charge is 0.0233 e. The van der Waals surface area contributed by atoms with E-state index in [2.05, 4.69) is 41.4 Å². The molecule has 0 bridgehead atoms. The summed E-state index contributed by atoms with van der Waals surface area (Å²) in [4.78, 5) is 2.67. The van der Waals surface area contributed by atoms with Crippen LogP contribution in [0, 0.1) is 12.3 Å². The number of rotatable bonds is 2. The van der Waals surface area contributed by atoms with Crippen molar-refractivity contribution in [2.75, 3.05) is 26.2 Å². The maximum absolute atomic E-state index is 3.61. The summed E-state index contributed by atoms with van der Waals surface area (Å²) in [6, 6.07) is 9.04. The van der Waals surface area contributed by atoms with Crippen LogP contribution in [0.2, 0.25) is 0 Å². The highest BCUT2D eigenvalue weighted by atomic mass is 15.1. The molecule has 2 aliphatic rings. The summed E-state index contributed by atoms with van der Waals surface area (Å²) in [5.41, 5.74) is 3.39. The van der Waals surface area contributed by atoms with Crippen LogP contribution in [-0.2, 0) is 6.54 Å². The highest BCUT2D eigenvalue weighted by Gasteiger charge is 2.36. The first-order valence-electron chi connectivity index (χ1n) is 7.74. The molecule has 0 saturated carbocycles. The molecule has 2 heterocycles. The second-order valence-electron chi connectivity index (χ2n) is 6.58. The molecular weight excluding hydrogens is 232 g/mol. The van der Waals surface area contributed by atoms with Crippen LogP contribution in [-0.4, -0.2) is 31.1 Å². The Balaban J connectivity index is 1.63. The van der Waals surface area contributed by atoms with Crippen LogP contribution in [0.3, 0.4) is 0 Å². The zero-order valence-corrected chi connectivity index (χ0v) is 12.1. The molecule has 0 amide bonds. The van der Waals surface area contributed by atoms with Gasteiger partial charge in [0.05, 0.1) is 0 Å². The van der Waals surface area contributed by atoms with E-state index in [0.29, 0.717) is 5.41 Å². The second-order valence-corrected chi connectivity index (χ2v) is 6.58. The van der Waals surface area contributed by atoms with Gasteiger partial charge in [0.1, 0.15) is 0 Å². The Kier molecular flexibility index (Phi) is 3.90. The molecule has 2 fully saturated rings. The largest absolute Gasteiger partial charge is 0.316 e. The van der Waals surface area contributed by atoms with Crippen LogP contribution >= 0.6 is 0 Å². The fourth-order valence-corrected chi connectivity index (χ4v) is 3.78. The van der Waals surface area contributed by atoms with Gasteiger partial charge >= 0.3 is 0 Å². The minimum absolute atomic E-state index is 0.571. The van der Waals surface area contributed by atoms with E-state index in [1.165, 1.54) is 63.0 Å². The average molecular weight is 258 g/mol. The van der Waals surface area contributed by atoms with Gasteiger partial charge in [0.2, 0.25) is 0 Å². The number of hydrogen-bond acceptors (Lipinski definition) is 2.